The molecule has 0 amide bonds. The van der Waals surface area contributed by atoms with Crippen molar-refractivity contribution in [3.63, 3.8) is 0 Å². The number of fused-ring (bicyclic) bond motifs is 3. The van der Waals surface area contributed by atoms with Crippen LogP contribution in [0.4, 0.5) is 0 Å². The van der Waals surface area contributed by atoms with Gasteiger partial charge in [0.2, 0.25) is 0 Å². The third-order valence-electron chi connectivity index (χ3n) is 7.88. The first-order chi connectivity index (χ1) is 17.2. The second kappa shape index (κ2) is 9.38. The molecule has 1 fully saturated rings. The minimum Gasteiger partial charge on any atom is -0.489 e. The van der Waals surface area contributed by atoms with Gasteiger partial charge in [0.05, 0.1) is 11.2 Å². The highest BCUT2D eigenvalue weighted by atomic mass is 16.5. The molecule has 4 aromatic rings. The number of nitrogens with zero attached hydrogens (tertiary/aromatic N) is 3. The molecule has 180 valence electrons. The Morgan fingerprint density at radius 1 is 1.00 bits per heavy atom. The summed E-state index contributed by atoms with van der Waals surface area (Å²) in [5, 5.41) is 1.32. The highest BCUT2D eigenvalue weighted by Gasteiger charge is 2.26. The lowest BCUT2D eigenvalue weighted by molar-refractivity contribution is 0.214. The van der Waals surface area contributed by atoms with Crippen molar-refractivity contribution >= 4 is 10.9 Å². The first-order valence-corrected chi connectivity index (χ1v) is 12.9. The molecule has 0 saturated heterocycles. The average molecular weight is 468 g/mol. The number of ether oxygens (including phenoxy) is 1. The highest BCUT2D eigenvalue weighted by molar-refractivity contribution is 5.87. The van der Waals surface area contributed by atoms with Crippen LogP contribution in [-0.2, 0) is 26.6 Å². The van der Waals surface area contributed by atoms with E-state index >= 15 is 0 Å². The summed E-state index contributed by atoms with van der Waals surface area (Å²) in [6.45, 7) is 3.87. The maximum absolute atomic E-state index is 12.9. The molecule has 0 atom stereocenters. The van der Waals surface area contributed by atoms with E-state index in [1.165, 1.54) is 54.4 Å². The van der Waals surface area contributed by atoms with Crippen LogP contribution in [0.5, 0.6) is 5.75 Å². The molecule has 6 rings (SSSR count). The van der Waals surface area contributed by atoms with Gasteiger partial charge in [-0.1, -0.05) is 49.2 Å². The lowest BCUT2D eigenvalue weighted by atomic mass is 10.0. The van der Waals surface area contributed by atoms with Gasteiger partial charge in [-0.05, 0) is 48.1 Å². The van der Waals surface area contributed by atoms with Crippen molar-refractivity contribution in [1.82, 2.24) is 14.0 Å². The average Bonchev–Trinajstić information content (AvgIpc) is 3.49. The fourth-order valence-corrected chi connectivity index (χ4v) is 5.99. The first kappa shape index (κ1) is 22.2. The fraction of sp³-hybridized carbons (Fsp3) is 0.367. The molecule has 5 heteroatoms. The molecule has 0 radical (unpaired) electrons. The molecule has 3 heterocycles. The third-order valence-corrected chi connectivity index (χ3v) is 7.88. The van der Waals surface area contributed by atoms with Crippen molar-refractivity contribution in [2.45, 2.75) is 45.3 Å². The predicted octanol–water partition coefficient (Wildman–Crippen LogP) is 5.46. The van der Waals surface area contributed by atoms with Crippen LogP contribution in [-0.4, -0.2) is 27.1 Å². The van der Waals surface area contributed by atoms with E-state index in [1.807, 2.05) is 42.6 Å². The summed E-state index contributed by atoms with van der Waals surface area (Å²) in [4.78, 5) is 15.6. The van der Waals surface area contributed by atoms with E-state index < -0.39 is 0 Å². The molecule has 1 aliphatic carbocycles. The number of aryl methyl sites for hydroxylation is 1. The number of aromatic nitrogens is 2. The zero-order valence-electron chi connectivity index (χ0n) is 20.5. The second-order valence-electron chi connectivity index (χ2n) is 10.2. The van der Waals surface area contributed by atoms with E-state index in [0.29, 0.717) is 12.4 Å². The third kappa shape index (κ3) is 4.41. The molecular formula is C30H33N3O2. The minimum atomic E-state index is -0.0865. The van der Waals surface area contributed by atoms with Crippen LogP contribution >= 0.6 is 0 Å². The number of hydrogen-bond acceptors (Lipinski definition) is 3. The monoisotopic (exact) mass is 467 g/mol. The SMILES string of the molecule is Cn1c2c(c3ccc(-n4ccc(OCc5ccccc5)cc4=O)cc31)CN(CC1CCCC1)CC2. The summed E-state index contributed by atoms with van der Waals surface area (Å²) >= 11 is 0. The lowest BCUT2D eigenvalue weighted by Gasteiger charge is -2.30. The van der Waals surface area contributed by atoms with Crippen molar-refractivity contribution < 1.29 is 4.74 Å². The molecule has 5 nitrogen and oxygen atoms in total. The van der Waals surface area contributed by atoms with Crippen LogP contribution in [0.2, 0.25) is 0 Å². The fourth-order valence-electron chi connectivity index (χ4n) is 5.99. The Labute approximate surface area is 206 Å². The van der Waals surface area contributed by atoms with E-state index in [4.69, 9.17) is 4.74 Å². The Balaban J connectivity index is 1.24. The van der Waals surface area contributed by atoms with Gasteiger partial charge in [-0.15, -0.1) is 0 Å². The van der Waals surface area contributed by atoms with E-state index in [-0.39, 0.29) is 5.56 Å². The largest absolute Gasteiger partial charge is 0.489 e. The Kier molecular flexibility index (Phi) is 5.95. The van der Waals surface area contributed by atoms with Crippen molar-refractivity contribution in [2.24, 2.45) is 13.0 Å². The summed E-state index contributed by atoms with van der Waals surface area (Å²) in [7, 11) is 2.17. The van der Waals surface area contributed by atoms with E-state index in [1.54, 1.807) is 10.6 Å². The van der Waals surface area contributed by atoms with E-state index in [9.17, 15) is 4.79 Å². The van der Waals surface area contributed by atoms with Gasteiger partial charge in [0, 0.05) is 56.4 Å². The van der Waals surface area contributed by atoms with E-state index in [0.717, 1.165) is 36.7 Å². The van der Waals surface area contributed by atoms with Crippen LogP contribution in [0.15, 0.2) is 71.7 Å². The van der Waals surface area contributed by atoms with Crippen LogP contribution in [0, 0.1) is 5.92 Å². The number of benzene rings is 2. The quantitative estimate of drug-likeness (QED) is 0.378. The zero-order chi connectivity index (χ0) is 23.8. The molecule has 2 aromatic carbocycles. The van der Waals surface area contributed by atoms with Crippen LogP contribution < -0.4 is 10.3 Å². The standard InChI is InChI=1S/C30H33N3O2/c1-31-28-14-15-32(19-22-7-5-6-8-22)20-27(28)26-12-11-24(17-29(26)31)33-16-13-25(18-30(33)34)35-21-23-9-3-2-4-10-23/h2-4,9-13,16-18,22H,5-8,14-15,19-21H2,1H3. The Morgan fingerprint density at radius 3 is 2.63 bits per heavy atom. The minimum absolute atomic E-state index is 0.0865. The number of rotatable bonds is 6. The van der Waals surface area contributed by atoms with Crippen LogP contribution in [0.1, 0.15) is 42.5 Å². The van der Waals surface area contributed by atoms with Gasteiger partial charge in [-0.2, -0.15) is 0 Å². The highest BCUT2D eigenvalue weighted by Crippen LogP contribution is 2.33. The van der Waals surface area contributed by atoms with Crippen molar-refractivity contribution in [1.29, 1.82) is 0 Å². The van der Waals surface area contributed by atoms with Gasteiger partial charge in [-0.3, -0.25) is 14.3 Å². The Morgan fingerprint density at radius 2 is 1.83 bits per heavy atom. The van der Waals surface area contributed by atoms with Crippen LogP contribution in [0.3, 0.4) is 0 Å². The van der Waals surface area contributed by atoms with Crippen molar-refractivity contribution in [2.75, 3.05) is 13.1 Å². The molecule has 1 saturated carbocycles. The smallest absolute Gasteiger partial charge is 0.258 e. The molecule has 35 heavy (non-hydrogen) atoms. The molecule has 2 aliphatic rings. The van der Waals surface area contributed by atoms with Gasteiger partial charge in [0.15, 0.2) is 0 Å². The summed E-state index contributed by atoms with van der Waals surface area (Å²) in [5.41, 5.74) is 5.99. The molecule has 1 aliphatic heterocycles. The summed E-state index contributed by atoms with van der Waals surface area (Å²) in [6.07, 6.45) is 8.51. The number of hydrogen-bond donors (Lipinski definition) is 0. The number of pyridine rings is 1. The first-order valence-electron chi connectivity index (χ1n) is 12.9. The lowest BCUT2D eigenvalue weighted by Crippen LogP contribution is -2.34. The van der Waals surface area contributed by atoms with Gasteiger partial charge in [-0.25, -0.2) is 0 Å². The van der Waals surface area contributed by atoms with Crippen molar-refractivity contribution in [3.05, 3.63) is 94.0 Å². The molecule has 0 bridgehead atoms. The maximum Gasteiger partial charge on any atom is 0.258 e. The van der Waals surface area contributed by atoms with Gasteiger partial charge >= 0.3 is 0 Å². The Hall–Kier alpha value is -3.31. The topological polar surface area (TPSA) is 39.4 Å². The molecule has 2 aromatic heterocycles. The van der Waals surface area contributed by atoms with Crippen molar-refractivity contribution in [3.8, 4) is 11.4 Å². The predicted molar refractivity (Wildman–Crippen MR) is 140 cm³/mol. The molecule has 0 unspecified atom stereocenters. The summed E-state index contributed by atoms with van der Waals surface area (Å²) < 4.78 is 9.88. The van der Waals surface area contributed by atoms with E-state index in [2.05, 4.69) is 34.7 Å². The Bertz CT molecular complexity index is 1400. The molecule has 0 N–H and O–H groups in total. The maximum atomic E-state index is 12.9. The van der Waals surface area contributed by atoms with Gasteiger partial charge in [0.25, 0.3) is 5.56 Å². The van der Waals surface area contributed by atoms with Crippen LogP contribution in [0.25, 0.3) is 16.6 Å². The molecular weight excluding hydrogens is 434 g/mol. The summed E-state index contributed by atoms with van der Waals surface area (Å²) in [6, 6.07) is 19.9. The normalized spacial score (nSPS) is 16.6. The second-order valence-corrected chi connectivity index (χ2v) is 10.2. The molecule has 0 spiro atoms. The zero-order valence-corrected chi connectivity index (χ0v) is 20.5. The van der Waals surface area contributed by atoms with Gasteiger partial charge in [0.1, 0.15) is 12.4 Å². The van der Waals surface area contributed by atoms with Gasteiger partial charge < -0.3 is 9.30 Å². The summed E-state index contributed by atoms with van der Waals surface area (Å²) in [5.74, 6) is 1.47.